The third-order valence-corrected chi connectivity index (χ3v) is 6.28. The first kappa shape index (κ1) is 17.7. The highest BCUT2D eigenvalue weighted by Crippen LogP contribution is 2.20. The molecule has 2 atom stereocenters. The number of amides is 1. The van der Waals surface area contributed by atoms with Crippen LogP contribution in [0.2, 0.25) is 0 Å². The molecule has 1 N–H and O–H groups in total. The minimum Gasteiger partial charge on any atom is -0.508 e. The number of likely N-dealkylation sites (N-methyl/N-ethyl adjacent to an activating group) is 2. The molecule has 2 rings (SSSR count). The van der Waals surface area contributed by atoms with Crippen molar-refractivity contribution in [1.29, 1.82) is 0 Å². The SMILES string of the molecule is C[C@@H](C(=O)N(C)[C@H]1CCS(=O)(=O)C1)N(C)Cc1ccccc1O. The van der Waals surface area contributed by atoms with Gasteiger partial charge in [0.1, 0.15) is 5.75 Å². The molecule has 0 aromatic heterocycles. The van der Waals surface area contributed by atoms with Crippen LogP contribution in [0, 0.1) is 0 Å². The van der Waals surface area contributed by atoms with Crippen molar-refractivity contribution in [1.82, 2.24) is 9.80 Å². The summed E-state index contributed by atoms with van der Waals surface area (Å²) in [5.74, 6) is 0.294. The molecule has 128 valence electrons. The Morgan fingerprint density at radius 3 is 2.57 bits per heavy atom. The van der Waals surface area contributed by atoms with Crippen molar-refractivity contribution in [2.45, 2.75) is 32.0 Å². The Kier molecular flexibility index (Phi) is 5.31. The smallest absolute Gasteiger partial charge is 0.239 e. The van der Waals surface area contributed by atoms with Crippen LogP contribution in [0.3, 0.4) is 0 Å². The van der Waals surface area contributed by atoms with Gasteiger partial charge in [-0.3, -0.25) is 9.69 Å². The van der Waals surface area contributed by atoms with Gasteiger partial charge in [0.15, 0.2) is 9.84 Å². The van der Waals surface area contributed by atoms with Crippen LogP contribution >= 0.6 is 0 Å². The van der Waals surface area contributed by atoms with Gasteiger partial charge in [0.2, 0.25) is 5.91 Å². The molecular formula is C16H24N2O4S. The molecule has 0 saturated carbocycles. The van der Waals surface area contributed by atoms with E-state index in [0.29, 0.717) is 13.0 Å². The predicted molar refractivity (Wildman–Crippen MR) is 88.9 cm³/mol. The largest absolute Gasteiger partial charge is 0.508 e. The maximum atomic E-state index is 12.6. The lowest BCUT2D eigenvalue weighted by molar-refractivity contribution is -0.136. The Bertz CT molecular complexity index is 674. The Hall–Kier alpha value is -1.60. The number of aromatic hydroxyl groups is 1. The molecule has 1 aliphatic rings. The Morgan fingerprint density at radius 2 is 2.00 bits per heavy atom. The number of nitrogens with zero attached hydrogens (tertiary/aromatic N) is 2. The summed E-state index contributed by atoms with van der Waals surface area (Å²) in [6.45, 7) is 2.23. The summed E-state index contributed by atoms with van der Waals surface area (Å²) >= 11 is 0. The van der Waals surface area contributed by atoms with Crippen LogP contribution in [0.25, 0.3) is 0 Å². The third-order valence-electron chi connectivity index (χ3n) is 4.53. The molecule has 1 amide bonds. The van der Waals surface area contributed by atoms with Gasteiger partial charge < -0.3 is 10.0 Å². The molecule has 0 bridgehead atoms. The fourth-order valence-corrected chi connectivity index (χ4v) is 4.57. The molecule has 1 aliphatic heterocycles. The highest BCUT2D eigenvalue weighted by Gasteiger charge is 2.34. The highest BCUT2D eigenvalue weighted by molar-refractivity contribution is 7.91. The molecule has 0 spiro atoms. The molecule has 1 fully saturated rings. The molecule has 7 heteroatoms. The van der Waals surface area contributed by atoms with Gasteiger partial charge in [-0.05, 0) is 26.5 Å². The van der Waals surface area contributed by atoms with Gasteiger partial charge in [0.25, 0.3) is 0 Å². The molecule has 0 unspecified atom stereocenters. The fourth-order valence-electron chi connectivity index (χ4n) is 2.79. The number of carbonyl (C=O) groups is 1. The van der Waals surface area contributed by atoms with Gasteiger partial charge >= 0.3 is 0 Å². The van der Waals surface area contributed by atoms with Crippen molar-refractivity contribution < 1.29 is 18.3 Å². The molecule has 1 aromatic rings. The minimum atomic E-state index is -3.01. The summed E-state index contributed by atoms with van der Waals surface area (Å²) in [6, 6.07) is 6.38. The fraction of sp³-hybridized carbons (Fsp3) is 0.562. The standard InChI is InChI=1S/C16H24N2O4S/c1-12(17(2)10-13-6-4-5-7-15(13)19)16(20)18(3)14-8-9-23(21,22)11-14/h4-7,12,14,19H,8-11H2,1-3H3/t12-,14-/m0/s1. The van der Waals surface area contributed by atoms with Crippen molar-refractivity contribution in [3.8, 4) is 5.75 Å². The highest BCUT2D eigenvalue weighted by atomic mass is 32.2. The summed E-state index contributed by atoms with van der Waals surface area (Å²) in [6.07, 6.45) is 0.500. The van der Waals surface area contributed by atoms with Crippen LogP contribution in [0.15, 0.2) is 24.3 Å². The van der Waals surface area contributed by atoms with Crippen LogP contribution in [0.4, 0.5) is 0 Å². The third kappa shape index (κ3) is 4.23. The number of para-hydroxylation sites is 1. The predicted octanol–water partition coefficient (Wildman–Crippen LogP) is 0.858. The van der Waals surface area contributed by atoms with E-state index in [1.54, 1.807) is 31.0 Å². The summed E-state index contributed by atoms with van der Waals surface area (Å²) in [5, 5.41) is 9.83. The van der Waals surface area contributed by atoms with E-state index in [-0.39, 0.29) is 29.2 Å². The quantitative estimate of drug-likeness (QED) is 0.860. The lowest BCUT2D eigenvalue weighted by Gasteiger charge is -2.31. The van der Waals surface area contributed by atoms with E-state index in [4.69, 9.17) is 0 Å². The number of hydrogen-bond acceptors (Lipinski definition) is 5. The average molecular weight is 340 g/mol. The molecule has 1 aromatic carbocycles. The summed E-state index contributed by atoms with van der Waals surface area (Å²) in [7, 11) is 0.464. The molecule has 1 heterocycles. The number of rotatable bonds is 5. The van der Waals surface area contributed by atoms with E-state index in [1.165, 1.54) is 0 Å². The maximum absolute atomic E-state index is 12.6. The zero-order chi connectivity index (χ0) is 17.2. The Labute approximate surface area is 137 Å². The monoisotopic (exact) mass is 340 g/mol. The van der Waals surface area contributed by atoms with Crippen molar-refractivity contribution in [2.75, 3.05) is 25.6 Å². The molecule has 6 nitrogen and oxygen atoms in total. The summed E-state index contributed by atoms with van der Waals surface area (Å²) in [4.78, 5) is 16.0. The van der Waals surface area contributed by atoms with Crippen LogP contribution < -0.4 is 0 Å². The van der Waals surface area contributed by atoms with Gasteiger partial charge in [0.05, 0.1) is 17.5 Å². The van der Waals surface area contributed by atoms with Crippen LogP contribution in [0.1, 0.15) is 18.9 Å². The summed E-state index contributed by atoms with van der Waals surface area (Å²) in [5.41, 5.74) is 0.751. The van der Waals surface area contributed by atoms with Gasteiger partial charge in [-0.2, -0.15) is 0 Å². The van der Waals surface area contributed by atoms with E-state index in [1.807, 2.05) is 24.1 Å². The average Bonchev–Trinajstić information content (AvgIpc) is 2.87. The molecule has 0 aliphatic carbocycles. The second kappa shape index (κ2) is 6.88. The van der Waals surface area contributed by atoms with Crippen LogP contribution in [0.5, 0.6) is 5.75 Å². The lowest BCUT2D eigenvalue weighted by atomic mass is 10.1. The minimum absolute atomic E-state index is 0.0468. The number of phenols is 1. The van der Waals surface area contributed by atoms with E-state index >= 15 is 0 Å². The first-order valence-electron chi connectivity index (χ1n) is 7.65. The second-order valence-electron chi connectivity index (χ2n) is 6.23. The van der Waals surface area contributed by atoms with E-state index in [9.17, 15) is 18.3 Å². The van der Waals surface area contributed by atoms with Crippen molar-refractivity contribution in [2.24, 2.45) is 0 Å². The van der Waals surface area contributed by atoms with Gasteiger partial charge in [-0.1, -0.05) is 18.2 Å². The zero-order valence-corrected chi connectivity index (χ0v) is 14.6. The topological polar surface area (TPSA) is 77.9 Å². The van der Waals surface area contributed by atoms with Gasteiger partial charge in [0, 0.05) is 25.2 Å². The number of phenolic OH excluding ortho intramolecular Hbond substituents is 1. The van der Waals surface area contributed by atoms with E-state index < -0.39 is 15.9 Å². The Morgan fingerprint density at radius 1 is 1.35 bits per heavy atom. The molecule has 0 radical (unpaired) electrons. The maximum Gasteiger partial charge on any atom is 0.239 e. The molecule has 23 heavy (non-hydrogen) atoms. The van der Waals surface area contributed by atoms with Gasteiger partial charge in [-0.15, -0.1) is 0 Å². The van der Waals surface area contributed by atoms with E-state index in [2.05, 4.69) is 0 Å². The first-order valence-corrected chi connectivity index (χ1v) is 9.47. The molecular weight excluding hydrogens is 316 g/mol. The Balaban J connectivity index is 2.00. The lowest BCUT2D eigenvalue weighted by Crippen LogP contribution is -2.48. The first-order chi connectivity index (χ1) is 10.7. The van der Waals surface area contributed by atoms with Crippen LogP contribution in [-0.4, -0.2) is 66.9 Å². The number of sulfone groups is 1. The number of benzene rings is 1. The second-order valence-corrected chi connectivity index (χ2v) is 8.45. The number of hydrogen-bond donors (Lipinski definition) is 1. The van der Waals surface area contributed by atoms with Crippen molar-refractivity contribution in [3.05, 3.63) is 29.8 Å². The molecule has 1 saturated heterocycles. The normalized spacial score (nSPS) is 21.3. The van der Waals surface area contributed by atoms with E-state index in [0.717, 1.165) is 5.56 Å². The number of carbonyl (C=O) groups excluding carboxylic acids is 1. The van der Waals surface area contributed by atoms with Crippen LogP contribution in [-0.2, 0) is 21.2 Å². The van der Waals surface area contributed by atoms with Gasteiger partial charge in [-0.25, -0.2) is 8.42 Å². The zero-order valence-electron chi connectivity index (χ0n) is 13.8. The van der Waals surface area contributed by atoms with Crippen molar-refractivity contribution >= 4 is 15.7 Å². The summed E-state index contributed by atoms with van der Waals surface area (Å²) < 4.78 is 23.1. The van der Waals surface area contributed by atoms with Crippen molar-refractivity contribution in [3.63, 3.8) is 0 Å².